The SMILES string of the molecule is CC(C)CC(C)(C)OCCC(C)(C)C(=O)N[C@@H](C)C(=O)N[C@@H](C)C(=O)N[C@@H](CC(N)=O)C(=O)C(C)C. The first kappa shape index (κ1) is 33.5. The molecule has 10 nitrogen and oxygen atoms in total. The molecule has 0 aromatic carbocycles. The van der Waals surface area contributed by atoms with Gasteiger partial charge in [0.05, 0.1) is 18.1 Å². The average molecular weight is 513 g/mol. The van der Waals surface area contributed by atoms with Crippen LogP contribution in [0.1, 0.15) is 88.5 Å². The van der Waals surface area contributed by atoms with E-state index in [0.29, 0.717) is 18.9 Å². The van der Waals surface area contributed by atoms with Gasteiger partial charge in [0.1, 0.15) is 12.1 Å². The quantitative estimate of drug-likeness (QED) is 0.247. The largest absolute Gasteiger partial charge is 0.376 e. The molecule has 10 heteroatoms. The van der Waals surface area contributed by atoms with E-state index in [1.807, 2.05) is 13.8 Å². The molecule has 4 amide bonds. The summed E-state index contributed by atoms with van der Waals surface area (Å²) in [7, 11) is 0. The van der Waals surface area contributed by atoms with E-state index in [-0.39, 0.29) is 23.7 Å². The minimum atomic E-state index is -1.07. The Hall–Kier alpha value is -2.49. The number of nitrogens with one attached hydrogen (secondary N) is 3. The summed E-state index contributed by atoms with van der Waals surface area (Å²) in [6.45, 7) is 18.6. The molecule has 0 aliphatic rings. The van der Waals surface area contributed by atoms with Gasteiger partial charge in [-0.3, -0.25) is 24.0 Å². The molecule has 0 saturated carbocycles. The molecule has 0 radical (unpaired) electrons. The lowest BCUT2D eigenvalue weighted by Gasteiger charge is -2.30. The first-order valence-corrected chi connectivity index (χ1v) is 12.7. The highest BCUT2D eigenvalue weighted by Gasteiger charge is 2.32. The Morgan fingerprint density at radius 1 is 0.806 bits per heavy atom. The van der Waals surface area contributed by atoms with Crippen molar-refractivity contribution in [2.45, 2.75) is 112 Å². The molecule has 0 aliphatic carbocycles. The number of rotatable bonds is 16. The zero-order chi connectivity index (χ0) is 28.4. The van der Waals surface area contributed by atoms with E-state index in [0.717, 1.165) is 6.42 Å². The van der Waals surface area contributed by atoms with Crippen LogP contribution < -0.4 is 21.7 Å². The van der Waals surface area contributed by atoms with Gasteiger partial charge < -0.3 is 26.4 Å². The third kappa shape index (κ3) is 12.5. The monoisotopic (exact) mass is 512 g/mol. The zero-order valence-electron chi connectivity index (χ0n) is 23.7. The van der Waals surface area contributed by atoms with Gasteiger partial charge in [0, 0.05) is 17.9 Å². The zero-order valence-corrected chi connectivity index (χ0v) is 23.7. The second kappa shape index (κ2) is 14.3. The highest BCUT2D eigenvalue weighted by molar-refractivity contribution is 5.96. The maximum absolute atomic E-state index is 12.8. The van der Waals surface area contributed by atoms with Crippen molar-refractivity contribution in [2.75, 3.05) is 6.61 Å². The van der Waals surface area contributed by atoms with E-state index in [1.165, 1.54) is 13.8 Å². The van der Waals surface area contributed by atoms with E-state index < -0.39 is 47.2 Å². The smallest absolute Gasteiger partial charge is 0.242 e. The van der Waals surface area contributed by atoms with Gasteiger partial charge >= 0.3 is 0 Å². The molecule has 0 fully saturated rings. The number of ether oxygens (including phenoxy) is 1. The molecule has 0 rings (SSSR count). The van der Waals surface area contributed by atoms with E-state index in [9.17, 15) is 24.0 Å². The van der Waals surface area contributed by atoms with Crippen molar-refractivity contribution in [2.24, 2.45) is 23.0 Å². The highest BCUT2D eigenvalue weighted by Crippen LogP contribution is 2.25. The summed E-state index contributed by atoms with van der Waals surface area (Å²) in [4.78, 5) is 61.5. The summed E-state index contributed by atoms with van der Waals surface area (Å²) >= 11 is 0. The molecule has 0 bridgehead atoms. The summed E-state index contributed by atoms with van der Waals surface area (Å²) in [5.41, 5.74) is 4.13. The van der Waals surface area contributed by atoms with E-state index >= 15 is 0 Å². The molecule has 208 valence electrons. The van der Waals surface area contributed by atoms with Gasteiger partial charge in [0.2, 0.25) is 23.6 Å². The number of carbonyl (C=O) groups excluding carboxylic acids is 5. The third-order valence-corrected chi connectivity index (χ3v) is 5.86. The van der Waals surface area contributed by atoms with E-state index in [1.54, 1.807) is 27.7 Å². The number of hydrogen-bond donors (Lipinski definition) is 4. The Balaban J connectivity index is 4.89. The summed E-state index contributed by atoms with van der Waals surface area (Å²) in [6.07, 6.45) is 1.04. The van der Waals surface area contributed by atoms with Gasteiger partial charge in [-0.1, -0.05) is 41.5 Å². The Bertz CT molecular complexity index is 791. The second-order valence-corrected chi connectivity index (χ2v) is 11.6. The number of carbonyl (C=O) groups is 5. The minimum absolute atomic E-state index is 0.291. The molecule has 0 saturated heterocycles. The van der Waals surface area contributed by atoms with Crippen molar-refractivity contribution in [1.29, 1.82) is 0 Å². The molecule has 3 atom stereocenters. The van der Waals surface area contributed by atoms with Gasteiger partial charge in [0.15, 0.2) is 5.78 Å². The first-order chi connectivity index (χ1) is 16.3. The summed E-state index contributed by atoms with van der Waals surface area (Å²) in [5.74, 6) is -2.48. The Morgan fingerprint density at radius 2 is 1.31 bits per heavy atom. The second-order valence-electron chi connectivity index (χ2n) is 11.6. The number of amides is 4. The van der Waals surface area contributed by atoms with Crippen molar-refractivity contribution in [3.05, 3.63) is 0 Å². The minimum Gasteiger partial charge on any atom is -0.376 e. The van der Waals surface area contributed by atoms with Crippen molar-refractivity contribution < 1.29 is 28.7 Å². The first-order valence-electron chi connectivity index (χ1n) is 12.7. The van der Waals surface area contributed by atoms with Crippen molar-refractivity contribution >= 4 is 29.4 Å². The Labute approximate surface area is 216 Å². The third-order valence-electron chi connectivity index (χ3n) is 5.86. The molecule has 0 unspecified atom stereocenters. The maximum Gasteiger partial charge on any atom is 0.242 e. The molecule has 0 aliphatic heterocycles. The lowest BCUT2D eigenvalue weighted by atomic mass is 9.88. The number of Topliss-reactive ketones (excluding diaryl/α,β-unsaturated/α-hetero) is 1. The van der Waals surface area contributed by atoms with Gasteiger partial charge in [-0.05, 0) is 46.5 Å². The van der Waals surface area contributed by atoms with Crippen LogP contribution in [0, 0.1) is 17.3 Å². The van der Waals surface area contributed by atoms with Crippen LogP contribution in [-0.4, -0.2) is 59.7 Å². The molecule has 0 aromatic rings. The van der Waals surface area contributed by atoms with Gasteiger partial charge in [-0.25, -0.2) is 0 Å². The molecular formula is C26H48N4O6. The standard InChI is InChI=1S/C26H48N4O6/c1-15(2)14-26(9,10)36-12-11-25(7,8)24(35)29-18(6)22(33)28-17(5)23(34)30-19(13-20(27)31)21(32)16(3)4/h15-19H,11-14H2,1-10H3,(H2,27,31)(H,28,33)(H,29,35)(H,30,34)/t17-,18-,19-/m0/s1. The predicted octanol–water partition coefficient (Wildman–Crippen LogP) is 1.84. The summed E-state index contributed by atoms with van der Waals surface area (Å²) in [6, 6.07) is -2.97. The van der Waals surface area contributed by atoms with Crippen LogP contribution in [0.3, 0.4) is 0 Å². The summed E-state index contributed by atoms with van der Waals surface area (Å²) < 4.78 is 5.99. The summed E-state index contributed by atoms with van der Waals surface area (Å²) in [5, 5.41) is 7.70. The van der Waals surface area contributed by atoms with Crippen LogP contribution in [0.15, 0.2) is 0 Å². The van der Waals surface area contributed by atoms with Crippen LogP contribution in [0.2, 0.25) is 0 Å². The number of ketones is 1. The van der Waals surface area contributed by atoms with Crippen molar-refractivity contribution in [3.8, 4) is 0 Å². The fourth-order valence-electron chi connectivity index (χ4n) is 3.72. The Kier molecular flexibility index (Phi) is 13.3. The van der Waals surface area contributed by atoms with Crippen LogP contribution in [0.5, 0.6) is 0 Å². The maximum atomic E-state index is 12.8. The lowest BCUT2D eigenvalue weighted by molar-refractivity contribution is -0.136. The van der Waals surface area contributed by atoms with E-state index in [4.69, 9.17) is 10.5 Å². The lowest BCUT2D eigenvalue weighted by Crippen LogP contribution is -2.55. The normalized spacial score (nSPS) is 14.7. The predicted molar refractivity (Wildman–Crippen MR) is 139 cm³/mol. The van der Waals surface area contributed by atoms with E-state index in [2.05, 4.69) is 29.8 Å². The number of nitrogens with two attached hydrogens (primary N) is 1. The molecule has 0 heterocycles. The highest BCUT2D eigenvalue weighted by atomic mass is 16.5. The molecular weight excluding hydrogens is 464 g/mol. The van der Waals surface area contributed by atoms with Gasteiger partial charge in [-0.2, -0.15) is 0 Å². The molecule has 0 spiro atoms. The topological polar surface area (TPSA) is 157 Å². The van der Waals surface area contributed by atoms with Crippen molar-refractivity contribution in [3.63, 3.8) is 0 Å². The number of hydrogen-bond acceptors (Lipinski definition) is 6. The van der Waals surface area contributed by atoms with Gasteiger partial charge in [-0.15, -0.1) is 0 Å². The average Bonchev–Trinajstić information content (AvgIpc) is 2.70. The van der Waals surface area contributed by atoms with Gasteiger partial charge in [0.25, 0.3) is 0 Å². The number of primary amides is 1. The molecule has 0 aromatic heterocycles. The molecule has 36 heavy (non-hydrogen) atoms. The van der Waals surface area contributed by atoms with Crippen LogP contribution in [0.25, 0.3) is 0 Å². The molecule has 5 N–H and O–H groups in total. The Morgan fingerprint density at radius 3 is 1.78 bits per heavy atom. The fourth-order valence-corrected chi connectivity index (χ4v) is 3.72. The van der Waals surface area contributed by atoms with Crippen LogP contribution in [0.4, 0.5) is 0 Å². The van der Waals surface area contributed by atoms with Crippen LogP contribution in [-0.2, 0) is 28.7 Å². The fraction of sp³-hybridized carbons (Fsp3) is 0.808. The van der Waals surface area contributed by atoms with Crippen LogP contribution >= 0.6 is 0 Å². The van der Waals surface area contributed by atoms with Crippen molar-refractivity contribution in [1.82, 2.24) is 16.0 Å².